The van der Waals surface area contributed by atoms with Crippen LogP contribution >= 0.6 is 0 Å². The van der Waals surface area contributed by atoms with E-state index in [2.05, 4.69) is 26.1 Å². The molecule has 0 bridgehead atoms. The predicted molar refractivity (Wildman–Crippen MR) is 80.4 cm³/mol. The summed E-state index contributed by atoms with van der Waals surface area (Å²) in [4.78, 5) is 22.0. The number of carbonyl (C=O) groups is 1. The highest BCUT2D eigenvalue weighted by Crippen LogP contribution is 2.26. The first-order valence-corrected chi connectivity index (χ1v) is 6.84. The van der Waals surface area contributed by atoms with Crippen molar-refractivity contribution >= 4 is 11.6 Å². The molecule has 0 fully saturated rings. The van der Waals surface area contributed by atoms with Crippen molar-refractivity contribution in [2.75, 3.05) is 13.2 Å². The van der Waals surface area contributed by atoms with Gasteiger partial charge in [0.2, 0.25) is 0 Å². The molecule has 0 saturated heterocycles. The Hall–Kier alpha value is -2.11. The van der Waals surface area contributed by atoms with Crippen LogP contribution in [0.1, 0.15) is 32.8 Å². The number of hydrogen-bond acceptors (Lipinski definition) is 4. The molecule has 0 unspecified atom stereocenters. The number of benzene rings is 1. The number of nitrogens with one attached hydrogen (secondary N) is 1. The molecule has 0 radical (unpaired) electrons. The van der Waals surface area contributed by atoms with Gasteiger partial charge in [-0.1, -0.05) is 26.8 Å². The molecule has 1 amide bonds. The molecule has 6 heteroatoms. The Morgan fingerprint density at radius 1 is 1.38 bits per heavy atom. The van der Waals surface area contributed by atoms with Crippen molar-refractivity contribution in [3.63, 3.8) is 0 Å². The number of nitro groups is 1. The number of nitrogens with zero attached hydrogens (tertiary/aromatic N) is 1. The number of carbonyl (C=O) groups excluding carboxylic acids is 1. The first kappa shape index (κ1) is 16.9. The SMILES string of the molecule is Cc1c(OCC(=O)NCCC(C)(C)C)cccc1[N+](=O)[O-]. The second-order valence-electron chi connectivity index (χ2n) is 6.11. The maximum absolute atomic E-state index is 11.7. The minimum atomic E-state index is -0.467. The maximum atomic E-state index is 11.7. The molecule has 0 aliphatic rings. The van der Waals surface area contributed by atoms with Crippen LogP contribution in [0.5, 0.6) is 5.75 Å². The molecule has 0 aliphatic heterocycles. The Bertz CT molecular complexity index is 521. The molecule has 0 atom stereocenters. The molecular weight excluding hydrogens is 272 g/mol. The molecule has 0 aromatic heterocycles. The van der Waals surface area contributed by atoms with Gasteiger partial charge in [-0.25, -0.2) is 0 Å². The van der Waals surface area contributed by atoms with Crippen LogP contribution < -0.4 is 10.1 Å². The highest BCUT2D eigenvalue weighted by molar-refractivity contribution is 5.77. The van der Waals surface area contributed by atoms with Gasteiger partial charge in [-0.3, -0.25) is 14.9 Å². The van der Waals surface area contributed by atoms with Crippen molar-refractivity contribution < 1.29 is 14.5 Å². The van der Waals surface area contributed by atoms with Gasteiger partial charge in [0.1, 0.15) is 5.75 Å². The van der Waals surface area contributed by atoms with E-state index in [1.807, 2.05) is 0 Å². The summed E-state index contributed by atoms with van der Waals surface area (Å²) in [5, 5.41) is 13.6. The van der Waals surface area contributed by atoms with E-state index < -0.39 is 4.92 Å². The third-order valence-corrected chi connectivity index (χ3v) is 3.01. The van der Waals surface area contributed by atoms with E-state index in [1.54, 1.807) is 13.0 Å². The molecule has 1 aromatic rings. The average Bonchev–Trinajstić information content (AvgIpc) is 2.35. The lowest BCUT2D eigenvalue weighted by Crippen LogP contribution is -2.31. The second-order valence-corrected chi connectivity index (χ2v) is 6.11. The van der Waals surface area contributed by atoms with Crippen LogP contribution in [0.15, 0.2) is 18.2 Å². The van der Waals surface area contributed by atoms with Crippen molar-refractivity contribution in [3.8, 4) is 5.75 Å². The smallest absolute Gasteiger partial charge is 0.276 e. The van der Waals surface area contributed by atoms with Gasteiger partial charge < -0.3 is 10.1 Å². The molecule has 0 aliphatic carbocycles. The monoisotopic (exact) mass is 294 g/mol. The van der Waals surface area contributed by atoms with Crippen LogP contribution in [0.4, 0.5) is 5.69 Å². The molecule has 0 saturated carbocycles. The molecule has 21 heavy (non-hydrogen) atoms. The van der Waals surface area contributed by atoms with Gasteiger partial charge in [-0.15, -0.1) is 0 Å². The van der Waals surface area contributed by atoms with Gasteiger partial charge in [0, 0.05) is 12.6 Å². The third-order valence-electron chi connectivity index (χ3n) is 3.01. The Balaban J connectivity index is 2.50. The summed E-state index contributed by atoms with van der Waals surface area (Å²) < 4.78 is 5.36. The quantitative estimate of drug-likeness (QED) is 0.646. The summed E-state index contributed by atoms with van der Waals surface area (Å²) in [6.45, 7) is 8.34. The zero-order valence-electron chi connectivity index (χ0n) is 12.9. The van der Waals surface area contributed by atoms with E-state index in [0.717, 1.165) is 6.42 Å². The maximum Gasteiger partial charge on any atom is 0.276 e. The fourth-order valence-electron chi connectivity index (χ4n) is 1.73. The first-order valence-electron chi connectivity index (χ1n) is 6.84. The zero-order valence-corrected chi connectivity index (χ0v) is 12.9. The van der Waals surface area contributed by atoms with Gasteiger partial charge in [0.25, 0.3) is 11.6 Å². The lowest BCUT2D eigenvalue weighted by atomic mass is 9.92. The number of nitro benzene ring substituents is 1. The van der Waals surface area contributed by atoms with E-state index in [4.69, 9.17) is 4.74 Å². The van der Waals surface area contributed by atoms with E-state index in [0.29, 0.717) is 17.9 Å². The molecule has 1 N–H and O–H groups in total. The van der Waals surface area contributed by atoms with Crippen LogP contribution in [0.3, 0.4) is 0 Å². The summed E-state index contributed by atoms with van der Waals surface area (Å²) in [5.74, 6) is 0.125. The number of ether oxygens (including phenoxy) is 1. The van der Waals surface area contributed by atoms with E-state index in [9.17, 15) is 14.9 Å². The van der Waals surface area contributed by atoms with Crippen LogP contribution in [-0.4, -0.2) is 24.0 Å². The minimum Gasteiger partial charge on any atom is -0.483 e. The predicted octanol–water partition coefficient (Wildman–Crippen LogP) is 2.83. The van der Waals surface area contributed by atoms with Gasteiger partial charge in [-0.2, -0.15) is 0 Å². The molecule has 1 rings (SSSR count). The Kier molecular flexibility index (Phi) is 5.69. The van der Waals surface area contributed by atoms with Crippen LogP contribution in [0.2, 0.25) is 0 Å². The first-order chi connectivity index (χ1) is 9.70. The summed E-state index contributed by atoms with van der Waals surface area (Å²) in [7, 11) is 0. The van der Waals surface area contributed by atoms with Crippen LogP contribution in [0.25, 0.3) is 0 Å². The second kappa shape index (κ2) is 7.06. The standard InChI is InChI=1S/C15H22N2O4/c1-11-12(17(19)20)6-5-7-13(11)21-10-14(18)16-9-8-15(2,3)4/h5-7H,8-10H2,1-4H3,(H,16,18). The summed E-state index contributed by atoms with van der Waals surface area (Å²) in [6.07, 6.45) is 0.870. The molecule has 0 heterocycles. The molecule has 0 spiro atoms. The summed E-state index contributed by atoms with van der Waals surface area (Å²) >= 11 is 0. The summed E-state index contributed by atoms with van der Waals surface area (Å²) in [6, 6.07) is 4.56. The van der Waals surface area contributed by atoms with Crippen molar-refractivity contribution in [1.29, 1.82) is 0 Å². The lowest BCUT2D eigenvalue weighted by molar-refractivity contribution is -0.385. The van der Waals surface area contributed by atoms with Gasteiger partial charge in [0.05, 0.1) is 10.5 Å². The van der Waals surface area contributed by atoms with Crippen molar-refractivity contribution in [1.82, 2.24) is 5.32 Å². The van der Waals surface area contributed by atoms with E-state index in [-0.39, 0.29) is 23.6 Å². The van der Waals surface area contributed by atoms with Gasteiger partial charge in [-0.05, 0) is 24.8 Å². The zero-order chi connectivity index (χ0) is 16.0. The topological polar surface area (TPSA) is 81.5 Å². The molecular formula is C15H22N2O4. The third kappa shape index (κ3) is 5.81. The Morgan fingerprint density at radius 2 is 2.05 bits per heavy atom. The van der Waals surface area contributed by atoms with E-state index in [1.165, 1.54) is 12.1 Å². The molecule has 6 nitrogen and oxygen atoms in total. The lowest BCUT2D eigenvalue weighted by Gasteiger charge is -2.18. The number of amides is 1. The van der Waals surface area contributed by atoms with Crippen LogP contribution in [0, 0.1) is 22.5 Å². The van der Waals surface area contributed by atoms with Crippen molar-refractivity contribution in [3.05, 3.63) is 33.9 Å². The van der Waals surface area contributed by atoms with Crippen molar-refractivity contribution in [2.24, 2.45) is 5.41 Å². The average molecular weight is 294 g/mol. The normalized spacial score (nSPS) is 11.0. The molecule has 1 aromatic carbocycles. The fraction of sp³-hybridized carbons (Fsp3) is 0.533. The molecule has 116 valence electrons. The van der Waals surface area contributed by atoms with Crippen molar-refractivity contribution in [2.45, 2.75) is 34.1 Å². The number of rotatable bonds is 6. The highest BCUT2D eigenvalue weighted by atomic mass is 16.6. The largest absolute Gasteiger partial charge is 0.483 e. The highest BCUT2D eigenvalue weighted by Gasteiger charge is 2.15. The Labute approximate surface area is 124 Å². The van der Waals surface area contributed by atoms with E-state index >= 15 is 0 Å². The summed E-state index contributed by atoms with van der Waals surface area (Å²) in [5.41, 5.74) is 0.566. The Morgan fingerprint density at radius 3 is 2.62 bits per heavy atom. The van der Waals surface area contributed by atoms with Crippen LogP contribution in [-0.2, 0) is 4.79 Å². The van der Waals surface area contributed by atoms with Gasteiger partial charge in [0.15, 0.2) is 6.61 Å². The number of hydrogen-bond donors (Lipinski definition) is 1. The minimum absolute atomic E-state index is 0.0133. The fourth-order valence-corrected chi connectivity index (χ4v) is 1.73. The van der Waals surface area contributed by atoms with Gasteiger partial charge >= 0.3 is 0 Å².